The number of nitrogens with zero attached hydrogens (tertiary/aromatic N) is 3. The number of pyridine rings is 1. The molecule has 0 fully saturated rings. The Bertz CT molecular complexity index is 789. The summed E-state index contributed by atoms with van der Waals surface area (Å²) >= 11 is 0. The van der Waals surface area contributed by atoms with E-state index in [1.165, 1.54) is 0 Å². The van der Waals surface area contributed by atoms with Crippen LogP contribution in [0.5, 0.6) is 0 Å². The summed E-state index contributed by atoms with van der Waals surface area (Å²) in [5.41, 5.74) is 1.66. The molecule has 1 unspecified atom stereocenters. The summed E-state index contributed by atoms with van der Waals surface area (Å²) < 4.78 is 5.57. The molecule has 24 heavy (non-hydrogen) atoms. The summed E-state index contributed by atoms with van der Waals surface area (Å²) in [6, 6.07) is 15.1. The van der Waals surface area contributed by atoms with Gasteiger partial charge in [-0.15, -0.1) is 10.2 Å². The van der Waals surface area contributed by atoms with Crippen molar-refractivity contribution in [3.8, 4) is 11.5 Å². The Balaban J connectivity index is 1.55. The number of carbonyl (C=O) groups is 1. The second-order valence-corrected chi connectivity index (χ2v) is 5.17. The van der Waals surface area contributed by atoms with Crippen molar-refractivity contribution in [3.05, 3.63) is 60.3 Å². The second-order valence-electron chi connectivity index (χ2n) is 5.17. The van der Waals surface area contributed by atoms with Crippen LogP contribution in [0.1, 0.15) is 12.5 Å². The van der Waals surface area contributed by atoms with Gasteiger partial charge in [0.15, 0.2) is 5.82 Å². The third-order valence-electron chi connectivity index (χ3n) is 3.35. The Morgan fingerprint density at radius 3 is 2.71 bits per heavy atom. The van der Waals surface area contributed by atoms with E-state index in [9.17, 15) is 4.79 Å². The van der Waals surface area contributed by atoms with Gasteiger partial charge in [0.25, 0.3) is 5.91 Å². The molecule has 1 atom stereocenters. The summed E-state index contributed by atoms with van der Waals surface area (Å²) in [5.74, 6) is 0.453. The SMILES string of the molecule is CC(OCc1ccccc1)C(=O)Nc1nnc(-c2ccccn2)[nH]1. The van der Waals surface area contributed by atoms with Crippen LogP contribution >= 0.6 is 0 Å². The zero-order valence-corrected chi connectivity index (χ0v) is 13.1. The summed E-state index contributed by atoms with van der Waals surface area (Å²) in [6.07, 6.45) is 1.05. The van der Waals surface area contributed by atoms with Crippen LogP contribution in [-0.2, 0) is 16.1 Å². The van der Waals surface area contributed by atoms with E-state index in [2.05, 4.69) is 25.5 Å². The van der Waals surface area contributed by atoms with Gasteiger partial charge >= 0.3 is 0 Å². The fourth-order valence-corrected chi connectivity index (χ4v) is 2.03. The number of aromatic nitrogens is 4. The van der Waals surface area contributed by atoms with Gasteiger partial charge in [-0.05, 0) is 24.6 Å². The first kappa shape index (κ1) is 15.8. The molecule has 0 bridgehead atoms. The number of anilines is 1. The lowest BCUT2D eigenvalue weighted by Crippen LogP contribution is -2.28. The first-order valence-corrected chi connectivity index (χ1v) is 7.53. The molecule has 0 saturated carbocycles. The Kier molecular flexibility index (Phi) is 4.93. The van der Waals surface area contributed by atoms with Gasteiger partial charge in [0.05, 0.1) is 6.61 Å². The number of aromatic amines is 1. The average Bonchev–Trinajstić information content (AvgIpc) is 3.10. The number of hydrogen-bond donors (Lipinski definition) is 2. The number of hydrogen-bond acceptors (Lipinski definition) is 5. The monoisotopic (exact) mass is 323 g/mol. The van der Waals surface area contributed by atoms with E-state index < -0.39 is 6.10 Å². The highest BCUT2D eigenvalue weighted by molar-refractivity contribution is 5.92. The van der Waals surface area contributed by atoms with Gasteiger partial charge in [0, 0.05) is 6.20 Å². The molecule has 0 aliphatic carbocycles. The van der Waals surface area contributed by atoms with Crippen molar-refractivity contribution in [2.75, 3.05) is 5.32 Å². The van der Waals surface area contributed by atoms with Gasteiger partial charge in [-0.3, -0.25) is 15.1 Å². The van der Waals surface area contributed by atoms with E-state index >= 15 is 0 Å². The predicted octanol–water partition coefficient (Wildman–Crippen LogP) is 2.41. The van der Waals surface area contributed by atoms with Crippen LogP contribution in [0.3, 0.4) is 0 Å². The third kappa shape index (κ3) is 4.02. The number of benzene rings is 1. The zero-order chi connectivity index (χ0) is 16.8. The lowest BCUT2D eigenvalue weighted by Gasteiger charge is -2.12. The van der Waals surface area contributed by atoms with Gasteiger partial charge < -0.3 is 9.72 Å². The standard InChI is InChI=1S/C17H17N5O2/c1-12(24-11-13-7-3-2-4-8-13)16(23)20-17-19-15(21-22-17)14-9-5-6-10-18-14/h2-10,12H,11H2,1H3,(H2,19,20,21,22,23). The van der Waals surface area contributed by atoms with Crippen molar-refractivity contribution in [1.82, 2.24) is 20.2 Å². The summed E-state index contributed by atoms with van der Waals surface area (Å²) in [7, 11) is 0. The molecule has 7 heteroatoms. The average molecular weight is 323 g/mol. The predicted molar refractivity (Wildman–Crippen MR) is 88.9 cm³/mol. The minimum atomic E-state index is -0.617. The van der Waals surface area contributed by atoms with E-state index in [4.69, 9.17) is 4.74 Å². The van der Waals surface area contributed by atoms with Crippen molar-refractivity contribution in [2.24, 2.45) is 0 Å². The molecule has 7 nitrogen and oxygen atoms in total. The maximum absolute atomic E-state index is 12.1. The molecule has 2 heterocycles. The van der Waals surface area contributed by atoms with E-state index in [0.29, 0.717) is 18.1 Å². The number of H-pyrrole nitrogens is 1. The van der Waals surface area contributed by atoms with E-state index in [0.717, 1.165) is 5.56 Å². The zero-order valence-electron chi connectivity index (χ0n) is 13.1. The van der Waals surface area contributed by atoms with Crippen LogP contribution in [0, 0.1) is 0 Å². The first-order chi connectivity index (χ1) is 11.7. The van der Waals surface area contributed by atoms with Gasteiger partial charge in [-0.1, -0.05) is 36.4 Å². The molecular formula is C17H17N5O2. The maximum Gasteiger partial charge on any atom is 0.255 e. The van der Waals surface area contributed by atoms with Gasteiger partial charge in [0.1, 0.15) is 11.8 Å². The van der Waals surface area contributed by atoms with Crippen LogP contribution in [0.15, 0.2) is 54.7 Å². The maximum atomic E-state index is 12.1. The minimum absolute atomic E-state index is 0.260. The Hall–Kier alpha value is -3.06. The molecule has 3 aromatic rings. The fourth-order valence-electron chi connectivity index (χ4n) is 2.03. The van der Waals surface area contributed by atoms with Crippen molar-refractivity contribution in [3.63, 3.8) is 0 Å². The molecule has 2 aromatic heterocycles. The largest absolute Gasteiger partial charge is 0.364 e. The number of carbonyl (C=O) groups excluding carboxylic acids is 1. The Morgan fingerprint density at radius 1 is 1.17 bits per heavy atom. The first-order valence-electron chi connectivity index (χ1n) is 7.53. The molecule has 0 spiro atoms. The highest BCUT2D eigenvalue weighted by Gasteiger charge is 2.16. The van der Waals surface area contributed by atoms with Crippen molar-refractivity contribution in [2.45, 2.75) is 19.6 Å². The Morgan fingerprint density at radius 2 is 1.96 bits per heavy atom. The molecule has 122 valence electrons. The van der Waals surface area contributed by atoms with Crippen LogP contribution in [0.4, 0.5) is 5.95 Å². The second kappa shape index (κ2) is 7.47. The normalized spacial score (nSPS) is 11.9. The molecule has 0 saturated heterocycles. The molecule has 0 aliphatic heterocycles. The molecule has 0 aliphatic rings. The van der Waals surface area contributed by atoms with Crippen LogP contribution in [0.25, 0.3) is 11.5 Å². The minimum Gasteiger partial charge on any atom is -0.364 e. The van der Waals surface area contributed by atoms with E-state index in [1.807, 2.05) is 42.5 Å². The summed E-state index contributed by atoms with van der Waals surface area (Å²) in [5, 5.41) is 10.5. The van der Waals surface area contributed by atoms with Gasteiger partial charge in [-0.25, -0.2) is 0 Å². The van der Waals surface area contributed by atoms with E-state index in [-0.39, 0.29) is 11.9 Å². The van der Waals surface area contributed by atoms with Crippen molar-refractivity contribution in [1.29, 1.82) is 0 Å². The van der Waals surface area contributed by atoms with Crippen molar-refractivity contribution < 1.29 is 9.53 Å². The lowest BCUT2D eigenvalue weighted by molar-refractivity contribution is -0.127. The topological polar surface area (TPSA) is 92.8 Å². The van der Waals surface area contributed by atoms with Crippen LogP contribution in [0.2, 0.25) is 0 Å². The van der Waals surface area contributed by atoms with Crippen LogP contribution in [-0.4, -0.2) is 32.2 Å². The molecule has 2 N–H and O–H groups in total. The molecule has 1 aromatic carbocycles. The Labute approximate surface area is 139 Å². The van der Waals surface area contributed by atoms with Crippen molar-refractivity contribution >= 4 is 11.9 Å². The van der Waals surface area contributed by atoms with Crippen LogP contribution < -0.4 is 5.32 Å². The highest BCUT2D eigenvalue weighted by Crippen LogP contribution is 2.12. The summed E-state index contributed by atoms with van der Waals surface area (Å²) in [6.45, 7) is 2.05. The number of ether oxygens (including phenoxy) is 1. The fraction of sp³-hybridized carbons (Fsp3) is 0.176. The van der Waals surface area contributed by atoms with Gasteiger partial charge in [0.2, 0.25) is 5.95 Å². The number of amides is 1. The quantitative estimate of drug-likeness (QED) is 0.726. The number of rotatable bonds is 6. The molecule has 0 radical (unpaired) electrons. The molecule has 3 rings (SSSR count). The molecular weight excluding hydrogens is 306 g/mol. The summed E-state index contributed by atoms with van der Waals surface area (Å²) in [4.78, 5) is 19.2. The van der Waals surface area contributed by atoms with Gasteiger partial charge in [-0.2, -0.15) is 0 Å². The smallest absolute Gasteiger partial charge is 0.255 e. The van der Waals surface area contributed by atoms with E-state index in [1.54, 1.807) is 19.2 Å². The third-order valence-corrected chi connectivity index (χ3v) is 3.35. The lowest BCUT2D eigenvalue weighted by atomic mass is 10.2. The highest BCUT2D eigenvalue weighted by atomic mass is 16.5. The number of nitrogens with one attached hydrogen (secondary N) is 2. The molecule has 1 amide bonds.